The molecule has 1 aromatic heterocycles. The number of allylic oxidation sites excluding steroid dienone is 1. The highest BCUT2D eigenvalue weighted by molar-refractivity contribution is 5.99. The lowest BCUT2D eigenvalue weighted by atomic mass is 9.94. The van der Waals surface area contributed by atoms with Crippen molar-refractivity contribution in [1.82, 2.24) is 4.98 Å². The fourth-order valence-electron chi connectivity index (χ4n) is 2.54. The van der Waals surface area contributed by atoms with Gasteiger partial charge < -0.3 is 11.5 Å². The quantitative estimate of drug-likeness (QED) is 0.444. The van der Waals surface area contributed by atoms with Gasteiger partial charge in [0, 0.05) is 24.7 Å². The Kier molecular flexibility index (Phi) is 4.86. The number of hydrogen-bond donors (Lipinski definition) is 3. The van der Waals surface area contributed by atoms with Crippen molar-refractivity contribution in [2.45, 2.75) is 33.1 Å². The lowest BCUT2D eigenvalue weighted by Crippen LogP contribution is -2.33. The summed E-state index contributed by atoms with van der Waals surface area (Å²) in [5.41, 5.74) is 13.5. The van der Waals surface area contributed by atoms with E-state index in [4.69, 9.17) is 17.3 Å². The molecule has 6 heteroatoms. The van der Waals surface area contributed by atoms with Gasteiger partial charge in [-0.2, -0.15) is 0 Å². The van der Waals surface area contributed by atoms with Crippen LogP contribution in [0.15, 0.2) is 36.3 Å². The molecule has 0 fully saturated rings. The van der Waals surface area contributed by atoms with Crippen LogP contribution in [0.2, 0.25) is 0 Å². The number of Topliss-reactive ketones (excluding diaryl/α,β-unsaturated/α-hetero) is 1. The minimum absolute atomic E-state index is 0.213. The summed E-state index contributed by atoms with van der Waals surface area (Å²) in [6.07, 6.45) is 4.03. The predicted octanol–water partition coefficient (Wildman–Crippen LogP) is 2.40. The molecule has 1 aromatic carbocycles. The van der Waals surface area contributed by atoms with E-state index >= 15 is 0 Å². The Hall–Kier alpha value is -2.60. The molecule has 0 radical (unpaired) electrons. The summed E-state index contributed by atoms with van der Waals surface area (Å²) in [5.74, 6) is 6.62. The fourth-order valence-corrected chi connectivity index (χ4v) is 2.54. The Morgan fingerprint density at radius 3 is 2.65 bits per heavy atom. The molecule has 1 atom stereocenters. The first-order chi connectivity index (χ1) is 10.9. The van der Waals surface area contributed by atoms with Crippen LogP contribution in [0.25, 0.3) is 10.8 Å². The number of hydrogen-bond acceptors (Lipinski definition) is 6. The molecular weight excluding hydrogens is 290 g/mol. The molecule has 0 aliphatic rings. The van der Waals surface area contributed by atoms with Gasteiger partial charge >= 0.3 is 0 Å². The number of nitrogen functional groups attached to an aromatic ring is 1. The number of anilines is 2. The van der Waals surface area contributed by atoms with Gasteiger partial charge in [-0.1, -0.05) is 19.9 Å². The van der Waals surface area contributed by atoms with Gasteiger partial charge in [0.2, 0.25) is 0 Å². The van der Waals surface area contributed by atoms with Gasteiger partial charge in [0.25, 0.3) is 0 Å². The summed E-state index contributed by atoms with van der Waals surface area (Å²) in [6, 6.07) is 5.63. The molecular formula is C17H23N5O. The molecule has 1 heterocycles. The molecule has 0 saturated heterocycles. The Bertz CT molecular complexity index is 769. The molecule has 6 nitrogen and oxygen atoms in total. The van der Waals surface area contributed by atoms with Crippen molar-refractivity contribution in [1.29, 1.82) is 0 Å². The van der Waals surface area contributed by atoms with Crippen molar-refractivity contribution in [3.05, 3.63) is 41.9 Å². The zero-order chi connectivity index (χ0) is 17.1. The smallest absolute Gasteiger partial charge is 0.179 e. The van der Waals surface area contributed by atoms with Gasteiger partial charge in [-0.25, -0.2) is 10.8 Å². The van der Waals surface area contributed by atoms with Crippen LogP contribution >= 0.6 is 0 Å². The maximum atomic E-state index is 11.6. The lowest BCUT2D eigenvalue weighted by molar-refractivity contribution is -0.113. The van der Waals surface area contributed by atoms with Crippen molar-refractivity contribution in [3.8, 4) is 0 Å². The summed E-state index contributed by atoms with van der Waals surface area (Å²) >= 11 is 0. The third-order valence-corrected chi connectivity index (χ3v) is 4.13. The second-order valence-corrected chi connectivity index (χ2v) is 5.62. The number of fused-ring (bicyclic) bond motifs is 1. The first kappa shape index (κ1) is 16.8. The van der Waals surface area contributed by atoms with Gasteiger partial charge in [0.1, 0.15) is 11.5 Å². The lowest BCUT2D eigenvalue weighted by Gasteiger charge is -2.21. The number of hydrazine groups is 1. The van der Waals surface area contributed by atoms with E-state index in [-0.39, 0.29) is 11.5 Å². The molecule has 0 aliphatic heterocycles. The molecule has 0 saturated carbocycles. The summed E-state index contributed by atoms with van der Waals surface area (Å²) in [4.78, 5) is 15.9. The molecule has 2 rings (SSSR count). The third-order valence-electron chi connectivity index (χ3n) is 4.13. The number of aromatic nitrogens is 1. The van der Waals surface area contributed by atoms with Crippen molar-refractivity contribution in [2.24, 2.45) is 11.6 Å². The van der Waals surface area contributed by atoms with E-state index in [0.717, 1.165) is 22.8 Å². The molecule has 1 unspecified atom stereocenters. The SMILES string of the molecule is CCC(C)c1cnc(N)c2cc(N(N)/C(=C\N)C(C)=O)ccc12. The van der Waals surface area contributed by atoms with Crippen LogP contribution in [0.5, 0.6) is 0 Å². The Labute approximate surface area is 135 Å². The highest BCUT2D eigenvalue weighted by Gasteiger charge is 2.15. The minimum atomic E-state index is -0.213. The number of ketones is 1. The maximum Gasteiger partial charge on any atom is 0.179 e. The summed E-state index contributed by atoms with van der Waals surface area (Å²) in [6.45, 7) is 5.70. The van der Waals surface area contributed by atoms with Gasteiger partial charge in [-0.3, -0.25) is 9.80 Å². The molecule has 0 bridgehead atoms. The van der Waals surface area contributed by atoms with Crippen LogP contribution < -0.4 is 22.3 Å². The van der Waals surface area contributed by atoms with Crippen LogP contribution in [0.4, 0.5) is 11.5 Å². The topological polar surface area (TPSA) is 111 Å². The maximum absolute atomic E-state index is 11.6. The van der Waals surface area contributed by atoms with E-state index in [2.05, 4.69) is 18.8 Å². The third kappa shape index (κ3) is 3.12. The molecule has 0 amide bonds. The molecule has 122 valence electrons. The average Bonchev–Trinajstić information content (AvgIpc) is 2.54. The highest BCUT2D eigenvalue weighted by atomic mass is 16.1. The highest BCUT2D eigenvalue weighted by Crippen LogP contribution is 2.32. The molecule has 2 aromatic rings. The predicted molar refractivity (Wildman–Crippen MR) is 94.5 cm³/mol. The van der Waals surface area contributed by atoms with Crippen LogP contribution in [-0.4, -0.2) is 10.8 Å². The number of carbonyl (C=O) groups is 1. The number of nitrogens with two attached hydrogens (primary N) is 3. The van der Waals surface area contributed by atoms with Crippen molar-refractivity contribution in [3.63, 3.8) is 0 Å². The fraction of sp³-hybridized carbons (Fsp3) is 0.294. The minimum Gasteiger partial charge on any atom is -0.403 e. The van der Waals surface area contributed by atoms with Gasteiger partial charge in [0.15, 0.2) is 5.78 Å². The first-order valence-corrected chi connectivity index (χ1v) is 7.56. The summed E-state index contributed by atoms with van der Waals surface area (Å²) in [5, 5.41) is 3.12. The van der Waals surface area contributed by atoms with E-state index in [1.807, 2.05) is 24.4 Å². The Morgan fingerprint density at radius 2 is 2.09 bits per heavy atom. The second-order valence-electron chi connectivity index (χ2n) is 5.62. The van der Waals surface area contributed by atoms with Crippen LogP contribution in [0.3, 0.4) is 0 Å². The first-order valence-electron chi connectivity index (χ1n) is 7.56. The second kappa shape index (κ2) is 6.66. The normalized spacial score (nSPS) is 13.1. The Morgan fingerprint density at radius 1 is 1.39 bits per heavy atom. The number of carbonyl (C=O) groups excluding carboxylic acids is 1. The van der Waals surface area contributed by atoms with Crippen LogP contribution in [0, 0.1) is 0 Å². The van der Waals surface area contributed by atoms with Crippen LogP contribution in [0.1, 0.15) is 38.7 Å². The van der Waals surface area contributed by atoms with E-state index in [1.165, 1.54) is 18.1 Å². The molecule has 0 spiro atoms. The largest absolute Gasteiger partial charge is 0.403 e. The van der Waals surface area contributed by atoms with Crippen molar-refractivity contribution < 1.29 is 4.79 Å². The summed E-state index contributed by atoms with van der Waals surface area (Å²) < 4.78 is 0. The van der Waals surface area contributed by atoms with Gasteiger partial charge in [0.05, 0.1) is 5.69 Å². The van der Waals surface area contributed by atoms with E-state index in [1.54, 1.807) is 0 Å². The average molecular weight is 313 g/mol. The van der Waals surface area contributed by atoms with Gasteiger partial charge in [-0.05, 0) is 35.4 Å². The Balaban J connectivity index is 2.59. The molecule has 0 aliphatic carbocycles. The van der Waals surface area contributed by atoms with E-state index in [0.29, 0.717) is 17.4 Å². The molecule has 6 N–H and O–H groups in total. The molecule has 23 heavy (non-hydrogen) atoms. The van der Waals surface area contributed by atoms with Gasteiger partial charge in [-0.15, -0.1) is 0 Å². The van der Waals surface area contributed by atoms with E-state index in [9.17, 15) is 4.79 Å². The standard InChI is InChI=1S/C17H23N5O/c1-4-10(2)15-9-21-17(19)14-7-12(5-6-13(14)15)22(20)16(8-18)11(3)23/h5-10H,4,18,20H2,1-3H3,(H2,19,21)/b16-8-. The van der Waals surface area contributed by atoms with E-state index < -0.39 is 0 Å². The summed E-state index contributed by atoms with van der Waals surface area (Å²) in [7, 11) is 0. The zero-order valence-electron chi connectivity index (χ0n) is 13.7. The van der Waals surface area contributed by atoms with Crippen molar-refractivity contribution in [2.75, 3.05) is 10.7 Å². The van der Waals surface area contributed by atoms with Crippen LogP contribution in [-0.2, 0) is 4.79 Å². The van der Waals surface area contributed by atoms with Crippen molar-refractivity contribution >= 4 is 28.1 Å². The number of rotatable bonds is 5. The number of benzene rings is 1. The zero-order valence-corrected chi connectivity index (χ0v) is 13.7. The number of nitrogens with zero attached hydrogens (tertiary/aromatic N) is 2. The monoisotopic (exact) mass is 313 g/mol. The number of pyridine rings is 1.